The summed E-state index contributed by atoms with van der Waals surface area (Å²) in [5, 5.41) is 6.50. The van der Waals surface area contributed by atoms with Crippen molar-refractivity contribution >= 4 is 65.7 Å². The highest BCUT2D eigenvalue weighted by Crippen LogP contribution is 2.51. The van der Waals surface area contributed by atoms with Crippen molar-refractivity contribution in [1.82, 2.24) is 19.5 Å². The molecule has 4 heterocycles. The van der Waals surface area contributed by atoms with E-state index in [0.29, 0.717) is 17.6 Å². The highest BCUT2D eigenvalue weighted by molar-refractivity contribution is 6.12. The molecule has 1 aliphatic rings. The molecule has 0 amide bonds. The lowest BCUT2D eigenvalue weighted by Gasteiger charge is -2.21. The van der Waals surface area contributed by atoms with Gasteiger partial charge in [0.2, 0.25) is 5.95 Å². The molecule has 0 atom stereocenters. The number of hydrogen-bond acceptors (Lipinski definition) is 5. The van der Waals surface area contributed by atoms with Crippen LogP contribution < -0.4 is 0 Å². The Kier molecular flexibility index (Phi) is 5.75. The van der Waals surface area contributed by atoms with E-state index in [-0.39, 0.29) is 5.41 Å². The standard InChI is InChI=1S/C48H30N4O2/c1-48(2)37-18-7-3-12-28(37)35-25-36-29-13-4-8-19-39(29)52(40(36)26-38(35)48)47-50-45(27-22-23-32-30-14-5-9-20-41(30)53-43(32)24-27)49-46(51-47)34-17-11-16-33-31-15-6-10-21-42(31)54-44(33)34/h3-26H,1-2H3. The lowest BCUT2D eigenvalue weighted by Crippen LogP contribution is -2.15. The van der Waals surface area contributed by atoms with Gasteiger partial charge in [-0.25, -0.2) is 4.98 Å². The van der Waals surface area contributed by atoms with E-state index in [1.54, 1.807) is 0 Å². The molecule has 6 nitrogen and oxygen atoms in total. The topological polar surface area (TPSA) is 69.9 Å². The van der Waals surface area contributed by atoms with Crippen LogP contribution in [0.15, 0.2) is 154 Å². The van der Waals surface area contributed by atoms with Gasteiger partial charge in [0.1, 0.15) is 22.3 Å². The SMILES string of the molecule is CC1(C)c2ccccc2-c2cc3c4ccccc4n(-c4nc(-c5ccc6c(c5)oc5ccccc56)nc(-c5cccc6c5oc5ccccc56)n4)c3cc21. The van der Waals surface area contributed by atoms with Gasteiger partial charge in [-0.1, -0.05) is 111 Å². The van der Waals surface area contributed by atoms with Crippen molar-refractivity contribution in [3.05, 3.63) is 157 Å². The monoisotopic (exact) mass is 694 g/mol. The van der Waals surface area contributed by atoms with Crippen LogP contribution in [0.4, 0.5) is 0 Å². The van der Waals surface area contributed by atoms with Crippen LogP contribution in [0.25, 0.3) is 106 Å². The van der Waals surface area contributed by atoms with Crippen LogP contribution in [0.3, 0.4) is 0 Å². The smallest absolute Gasteiger partial charge is 0.238 e. The van der Waals surface area contributed by atoms with Crippen molar-refractivity contribution in [2.75, 3.05) is 0 Å². The molecule has 0 saturated carbocycles. The summed E-state index contributed by atoms with van der Waals surface area (Å²) in [6.45, 7) is 4.63. The van der Waals surface area contributed by atoms with E-state index in [2.05, 4.69) is 109 Å². The predicted octanol–water partition coefficient (Wildman–Crippen LogP) is 12.4. The Morgan fingerprint density at radius 3 is 1.98 bits per heavy atom. The van der Waals surface area contributed by atoms with Crippen molar-refractivity contribution in [2.24, 2.45) is 0 Å². The zero-order valence-corrected chi connectivity index (χ0v) is 29.5. The fourth-order valence-corrected chi connectivity index (χ4v) is 8.88. The number of para-hydroxylation sites is 4. The quantitative estimate of drug-likeness (QED) is 0.184. The first-order valence-corrected chi connectivity index (χ1v) is 18.3. The summed E-state index contributed by atoms with van der Waals surface area (Å²) in [5.41, 5.74) is 11.9. The highest BCUT2D eigenvalue weighted by Gasteiger charge is 2.36. The maximum Gasteiger partial charge on any atom is 0.238 e. The van der Waals surface area contributed by atoms with E-state index in [1.807, 2.05) is 54.6 Å². The third-order valence-electron chi connectivity index (χ3n) is 11.5. The first-order chi connectivity index (χ1) is 26.5. The molecule has 11 aromatic rings. The number of benzene rings is 7. The summed E-state index contributed by atoms with van der Waals surface area (Å²) < 4.78 is 15.1. The van der Waals surface area contributed by atoms with Gasteiger partial charge in [-0.3, -0.25) is 4.57 Å². The summed E-state index contributed by atoms with van der Waals surface area (Å²) >= 11 is 0. The molecule has 0 radical (unpaired) electrons. The molecule has 4 aromatic heterocycles. The van der Waals surface area contributed by atoms with Crippen LogP contribution in [-0.2, 0) is 5.41 Å². The molecule has 0 aliphatic heterocycles. The normalized spacial score (nSPS) is 13.5. The van der Waals surface area contributed by atoms with E-state index in [9.17, 15) is 0 Å². The zero-order chi connectivity index (χ0) is 35.7. The Bertz CT molecular complexity index is 3380. The van der Waals surface area contributed by atoms with Crippen molar-refractivity contribution in [1.29, 1.82) is 0 Å². The number of fused-ring (bicyclic) bond motifs is 12. The number of furan rings is 2. The third-order valence-corrected chi connectivity index (χ3v) is 11.5. The number of nitrogens with zero attached hydrogens (tertiary/aromatic N) is 4. The van der Waals surface area contributed by atoms with E-state index < -0.39 is 0 Å². The van der Waals surface area contributed by atoms with E-state index in [4.69, 9.17) is 23.8 Å². The fourth-order valence-electron chi connectivity index (χ4n) is 8.88. The van der Waals surface area contributed by atoms with Gasteiger partial charge in [0.15, 0.2) is 11.6 Å². The number of hydrogen-bond donors (Lipinski definition) is 0. The Labute approximate surface area is 309 Å². The van der Waals surface area contributed by atoms with Crippen molar-refractivity contribution < 1.29 is 8.83 Å². The minimum atomic E-state index is -0.171. The lowest BCUT2D eigenvalue weighted by atomic mass is 9.82. The Balaban J connectivity index is 1.16. The summed E-state index contributed by atoms with van der Waals surface area (Å²) in [4.78, 5) is 15.8. The van der Waals surface area contributed by atoms with Crippen LogP contribution in [-0.4, -0.2) is 19.5 Å². The van der Waals surface area contributed by atoms with Crippen LogP contribution in [0.5, 0.6) is 0 Å². The molecule has 6 heteroatoms. The second-order valence-electron chi connectivity index (χ2n) is 14.8. The van der Waals surface area contributed by atoms with Gasteiger partial charge < -0.3 is 8.83 Å². The summed E-state index contributed by atoms with van der Waals surface area (Å²) in [6.07, 6.45) is 0. The zero-order valence-electron chi connectivity index (χ0n) is 29.5. The highest BCUT2D eigenvalue weighted by atomic mass is 16.3. The molecule has 7 aromatic carbocycles. The first-order valence-electron chi connectivity index (χ1n) is 18.3. The van der Waals surface area contributed by atoms with E-state index in [0.717, 1.165) is 76.8 Å². The van der Waals surface area contributed by atoms with E-state index >= 15 is 0 Å². The molecule has 0 N–H and O–H groups in total. The van der Waals surface area contributed by atoms with Crippen LogP contribution in [0.1, 0.15) is 25.0 Å². The largest absolute Gasteiger partial charge is 0.456 e. The fraction of sp³-hybridized carbons (Fsp3) is 0.0625. The predicted molar refractivity (Wildman–Crippen MR) is 217 cm³/mol. The van der Waals surface area contributed by atoms with Crippen LogP contribution >= 0.6 is 0 Å². The average Bonchev–Trinajstić information content (AvgIpc) is 3.93. The molecular formula is C48H30N4O2. The second-order valence-corrected chi connectivity index (χ2v) is 14.8. The van der Waals surface area contributed by atoms with Gasteiger partial charge in [0.25, 0.3) is 0 Å². The molecule has 1 aliphatic carbocycles. The molecule has 254 valence electrons. The Morgan fingerprint density at radius 1 is 0.444 bits per heavy atom. The minimum Gasteiger partial charge on any atom is -0.456 e. The van der Waals surface area contributed by atoms with Gasteiger partial charge in [0, 0.05) is 43.3 Å². The molecule has 54 heavy (non-hydrogen) atoms. The average molecular weight is 695 g/mol. The maximum absolute atomic E-state index is 6.53. The maximum atomic E-state index is 6.53. The van der Waals surface area contributed by atoms with Gasteiger partial charge in [-0.15, -0.1) is 0 Å². The molecule has 0 spiro atoms. The molecule has 0 fully saturated rings. The number of aromatic nitrogens is 4. The van der Waals surface area contributed by atoms with Crippen molar-refractivity contribution in [3.63, 3.8) is 0 Å². The third kappa shape index (κ3) is 3.97. The van der Waals surface area contributed by atoms with E-state index in [1.165, 1.54) is 22.3 Å². The summed E-state index contributed by atoms with van der Waals surface area (Å²) in [6, 6.07) is 50.7. The summed E-state index contributed by atoms with van der Waals surface area (Å²) in [7, 11) is 0. The van der Waals surface area contributed by atoms with Crippen LogP contribution in [0.2, 0.25) is 0 Å². The molecule has 0 unspecified atom stereocenters. The molecule has 0 saturated heterocycles. The van der Waals surface area contributed by atoms with Gasteiger partial charge in [0.05, 0.1) is 16.6 Å². The molecule has 12 rings (SSSR count). The molecular weight excluding hydrogens is 665 g/mol. The Morgan fingerprint density at radius 2 is 1.11 bits per heavy atom. The summed E-state index contributed by atoms with van der Waals surface area (Å²) in [5.74, 6) is 1.61. The van der Waals surface area contributed by atoms with Gasteiger partial charge in [-0.05, 0) is 70.8 Å². The van der Waals surface area contributed by atoms with Crippen molar-refractivity contribution in [2.45, 2.75) is 19.3 Å². The van der Waals surface area contributed by atoms with Gasteiger partial charge >= 0.3 is 0 Å². The minimum absolute atomic E-state index is 0.171. The number of rotatable bonds is 3. The Hall–Kier alpha value is -7.05. The molecule has 0 bridgehead atoms. The van der Waals surface area contributed by atoms with Crippen LogP contribution in [0, 0.1) is 0 Å². The first kappa shape index (κ1) is 29.5. The van der Waals surface area contributed by atoms with Crippen molar-refractivity contribution in [3.8, 4) is 39.9 Å². The second kappa shape index (κ2) is 10.5. The lowest BCUT2D eigenvalue weighted by molar-refractivity contribution is 0.661. The van der Waals surface area contributed by atoms with Gasteiger partial charge in [-0.2, -0.15) is 9.97 Å².